The van der Waals surface area contributed by atoms with Crippen molar-refractivity contribution in [3.05, 3.63) is 29.8 Å². The average Bonchev–Trinajstić information content (AvgIpc) is 2.89. The molecule has 1 fully saturated rings. The Morgan fingerprint density at radius 2 is 2.25 bits per heavy atom. The summed E-state index contributed by atoms with van der Waals surface area (Å²) in [7, 11) is 0. The highest BCUT2D eigenvalue weighted by atomic mass is 16.5. The van der Waals surface area contributed by atoms with E-state index in [4.69, 9.17) is 10.00 Å². The number of ether oxygens (including phenoxy) is 1. The smallest absolute Gasteiger partial charge is 0.221 e. The second kappa shape index (κ2) is 6.89. The van der Waals surface area contributed by atoms with E-state index in [2.05, 4.69) is 10.6 Å². The van der Waals surface area contributed by atoms with E-state index >= 15 is 0 Å². The lowest BCUT2D eigenvalue weighted by Gasteiger charge is -2.15. The molecule has 1 aliphatic rings. The molecule has 2 atom stereocenters. The molecule has 0 aromatic heterocycles. The van der Waals surface area contributed by atoms with E-state index in [-0.39, 0.29) is 18.6 Å². The molecular weight excluding hydrogens is 258 g/mol. The second-order valence-corrected chi connectivity index (χ2v) is 4.71. The van der Waals surface area contributed by atoms with Crippen molar-refractivity contribution in [2.45, 2.75) is 18.6 Å². The second-order valence-electron chi connectivity index (χ2n) is 4.71. The van der Waals surface area contributed by atoms with Gasteiger partial charge in [-0.15, -0.1) is 0 Å². The zero-order valence-electron chi connectivity index (χ0n) is 11.0. The maximum absolute atomic E-state index is 11.0. The quantitative estimate of drug-likeness (QED) is 0.667. The molecule has 1 amide bonds. The molecular formula is C14H17N3O3. The largest absolute Gasteiger partial charge is 0.491 e. The third-order valence-corrected chi connectivity index (χ3v) is 3.05. The zero-order chi connectivity index (χ0) is 14.4. The lowest BCUT2D eigenvalue weighted by atomic mass is 10.2. The van der Waals surface area contributed by atoms with E-state index in [9.17, 15) is 9.90 Å². The van der Waals surface area contributed by atoms with Crippen LogP contribution in [0.1, 0.15) is 12.0 Å². The first-order valence-electron chi connectivity index (χ1n) is 6.48. The van der Waals surface area contributed by atoms with Crippen LogP contribution in [0.2, 0.25) is 0 Å². The van der Waals surface area contributed by atoms with E-state index in [0.717, 1.165) is 0 Å². The van der Waals surface area contributed by atoms with Crippen molar-refractivity contribution in [3.8, 4) is 11.8 Å². The van der Waals surface area contributed by atoms with E-state index < -0.39 is 6.10 Å². The van der Waals surface area contributed by atoms with Crippen molar-refractivity contribution in [2.24, 2.45) is 0 Å². The summed E-state index contributed by atoms with van der Waals surface area (Å²) < 4.78 is 5.42. The van der Waals surface area contributed by atoms with Crippen molar-refractivity contribution < 1.29 is 14.6 Å². The molecule has 0 radical (unpaired) electrons. The maximum Gasteiger partial charge on any atom is 0.221 e. The number of carbonyl (C=O) groups excluding carboxylic acids is 1. The topological polar surface area (TPSA) is 94.4 Å². The Hall–Kier alpha value is -2.10. The average molecular weight is 275 g/mol. The van der Waals surface area contributed by atoms with Gasteiger partial charge in [0.05, 0.1) is 11.6 Å². The molecule has 6 heteroatoms. The number of carbonyl (C=O) groups is 1. The molecule has 0 saturated carbocycles. The van der Waals surface area contributed by atoms with Crippen LogP contribution >= 0.6 is 0 Å². The van der Waals surface area contributed by atoms with Crippen molar-refractivity contribution in [2.75, 3.05) is 19.7 Å². The molecule has 20 heavy (non-hydrogen) atoms. The summed E-state index contributed by atoms with van der Waals surface area (Å²) in [5.74, 6) is 0.645. The van der Waals surface area contributed by atoms with Gasteiger partial charge in [-0.2, -0.15) is 5.26 Å². The van der Waals surface area contributed by atoms with Crippen LogP contribution in [-0.2, 0) is 4.79 Å². The number of amides is 1. The van der Waals surface area contributed by atoms with E-state index in [1.165, 1.54) is 0 Å². The van der Waals surface area contributed by atoms with E-state index in [1.807, 2.05) is 6.07 Å². The van der Waals surface area contributed by atoms with Gasteiger partial charge in [0.2, 0.25) is 5.91 Å². The molecule has 0 spiro atoms. The highest BCUT2D eigenvalue weighted by Crippen LogP contribution is 2.11. The Kier molecular flexibility index (Phi) is 4.93. The molecule has 2 unspecified atom stereocenters. The van der Waals surface area contributed by atoms with Gasteiger partial charge in [-0.1, -0.05) is 0 Å². The minimum atomic E-state index is -0.652. The summed E-state index contributed by atoms with van der Waals surface area (Å²) in [5.41, 5.74) is 0.568. The minimum absolute atomic E-state index is 0.0332. The van der Waals surface area contributed by atoms with E-state index in [0.29, 0.717) is 30.8 Å². The number of nitrogens with one attached hydrogen (secondary N) is 2. The molecule has 1 saturated heterocycles. The predicted molar refractivity (Wildman–Crippen MR) is 72.1 cm³/mol. The molecule has 1 aliphatic heterocycles. The van der Waals surface area contributed by atoms with Crippen molar-refractivity contribution in [3.63, 3.8) is 0 Å². The first-order valence-corrected chi connectivity index (χ1v) is 6.48. The zero-order valence-corrected chi connectivity index (χ0v) is 11.0. The number of hydrogen-bond acceptors (Lipinski definition) is 5. The summed E-state index contributed by atoms with van der Waals surface area (Å²) >= 11 is 0. The van der Waals surface area contributed by atoms with Crippen LogP contribution in [0.15, 0.2) is 24.3 Å². The molecule has 1 aromatic carbocycles. The summed E-state index contributed by atoms with van der Waals surface area (Å²) in [6, 6.07) is 8.81. The molecule has 0 bridgehead atoms. The van der Waals surface area contributed by atoms with Crippen LogP contribution in [0.5, 0.6) is 5.75 Å². The Labute approximate surface area is 117 Å². The van der Waals surface area contributed by atoms with Gasteiger partial charge >= 0.3 is 0 Å². The van der Waals surface area contributed by atoms with Crippen molar-refractivity contribution in [1.29, 1.82) is 5.26 Å². The van der Waals surface area contributed by atoms with Crippen LogP contribution in [0.4, 0.5) is 0 Å². The Morgan fingerprint density at radius 3 is 2.85 bits per heavy atom. The fourth-order valence-corrected chi connectivity index (χ4v) is 1.93. The van der Waals surface area contributed by atoms with Crippen LogP contribution in [-0.4, -0.2) is 42.9 Å². The first-order chi connectivity index (χ1) is 9.67. The number of nitrogens with zero attached hydrogens (tertiary/aromatic N) is 1. The molecule has 1 heterocycles. The fraction of sp³-hybridized carbons (Fsp3) is 0.429. The number of aliphatic hydroxyl groups excluding tert-OH is 1. The predicted octanol–water partition coefficient (Wildman–Crippen LogP) is -0.224. The Bertz CT molecular complexity index is 495. The fourth-order valence-electron chi connectivity index (χ4n) is 1.93. The standard InChI is InChI=1S/C14H17N3O3/c15-6-10-1-3-13(4-2-10)20-9-12(18)8-16-11-5-14(19)17-7-11/h1-4,11-12,16,18H,5,7-9H2,(H,17,19). The third kappa shape index (κ3) is 4.23. The Morgan fingerprint density at radius 1 is 1.50 bits per heavy atom. The molecule has 2 rings (SSSR count). The van der Waals surface area contributed by atoms with Gasteiger partial charge in [0.15, 0.2) is 0 Å². The van der Waals surface area contributed by atoms with E-state index in [1.54, 1.807) is 24.3 Å². The normalized spacial score (nSPS) is 19.2. The lowest BCUT2D eigenvalue weighted by molar-refractivity contribution is -0.119. The van der Waals surface area contributed by atoms with Crippen LogP contribution in [0.3, 0.4) is 0 Å². The van der Waals surface area contributed by atoms with Gasteiger partial charge in [-0.05, 0) is 24.3 Å². The summed E-state index contributed by atoms with van der Waals surface area (Å²) in [6.07, 6.45) is -0.204. The molecule has 106 valence electrons. The third-order valence-electron chi connectivity index (χ3n) is 3.05. The number of nitriles is 1. The monoisotopic (exact) mass is 275 g/mol. The van der Waals surface area contributed by atoms with Gasteiger partial charge in [0.25, 0.3) is 0 Å². The lowest BCUT2D eigenvalue weighted by Crippen LogP contribution is -2.39. The number of rotatable bonds is 6. The highest BCUT2D eigenvalue weighted by Gasteiger charge is 2.21. The molecule has 0 aliphatic carbocycles. The first kappa shape index (κ1) is 14.3. The van der Waals surface area contributed by atoms with Crippen molar-refractivity contribution >= 4 is 5.91 Å². The van der Waals surface area contributed by atoms with Crippen molar-refractivity contribution in [1.82, 2.24) is 10.6 Å². The van der Waals surface area contributed by atoms with Crippen LogP contribution in [0.25, 0.3) is 0 Å². The van der Waals surface area contributed by atoms with Crippen LogP contribution < -0.4 is 15.4 Å². The number of benzene rings is 1. The molecule has 3 N–H and O–H groups in total. The highest BCUT2D eigenvalue weighted by molar-refractivity contribution is 5.78. The maximum atomic E-state index is 11.0. The number of hydrogen-bond donors (Lipinski definition) is 3. The van der Waals surface area contributed by atoms with Gasteiger partial charge < -0.3 is 20.5 Å². The van der Waals surface area contributed by atoms with Crippen LogP contribution in [0, 0.1) is 11.3 Å². The molecule has 6 nitrogen and oxygen atoms in total. The Balaban J connectivity index is 1.67. The summed E-state index contributed by atoms with van der Waals surface area (Å²) in [6.45, 7) is 1.13. The van der Waals surface area contributed by atoms with Gasteiger partial charge in [0.1, 0.15) is 18.5 Å². The van der Waals surface area contributed by atoms with Gasteiger partial charge in [-0.25, -0.2) is 0 Å². The van der Waals surface area contributed by atoms with Gasteiger partial charge in [-0.3, -0.25) is 4.79 Å². The SMILES string of the molecule is N#Cc1ccc(OCC(O)CNC2CNC(=O)C2)cc1. The summed E-state index contributed by atoms with van der Waals surface area (Å²) in [4.78, 5) is 11.0. The van der Waals surface area contributed by atoms with Gasteiger partial charge in [0, 0.05) is 25.6 Å². The number of aliphatic hydroxyl groups is 1. The minimum Gasteiger partial charge on any atom is -0.491 e. The summed E-state index contributed by atoms with van der Waals surface area (Å²) in [5, 5.41) is 24.3. The molecule has 1 aromatic rings.